The van der Waals surface area contributed by atoms with Gasteiger partial charge in [-0.25, -0.2) is 23.5 Å². The number of rotatable bonds is 5. The molecule has 8 nitrogen and oxygen atoms in total. The van der Waals surface area contributed by atoms with Crippen molar-refractivity contribution in [1.82, 2.24) is 13.9 Å². The average Bonchev–Trinajstić information content (AvgIpc) is 3.51. The normalized spacial score (nSPS) is 40.5. The molecule has 1 saturated heterocycles. The van der Waals surface area contributed by atoms with Crippen molar-refractivity contribution in [2.45, 2.75) is 134 Å². The van der Waals surface area contributed by atoms with Crippen LogP contribution in [-0.4, -0.2) is 47.4 Å². The first-order valence-corrected chi connectivity index (χ1v) is 21.0. The monoisotopic (exact) mass is 659 g/mol. The summed E-state index contributed by atoms with van der Waals surface area (Å²) in [5.74, 6) is 0.287. The van der Waals surface area contributed by atoms with Gasteiger partial charge >= 0.3 is 11.4 Å². The third kappa shape index (κ3) is 4.09. The Morgan fingerprint density at radius 1 is 0.894 bits per heavy atom. The predicted molar refractivity (Wildman–Crippen MR) is 185 cm³/mol. The van der Waals surface area contributed by atoms with Crippen molar-refractivity contribution in [2.75, 3.05) is 6.61 Å². The third-order valence-corrected chi connectivity index (χ3v) is 18.7. The van der Waals surface area contributed by atoms with Crippen LogP contribution in [0.3, 0.4) is 0 Å². The van der Waals surface area contributed by atoms with E-state index in [2.05, 4.69) is 72.0 Å². The number of hydrogen-bond acceptors (Lipinski definition) is 5. The van der Waals surface area contributed by atoms with Gasteiger partial charge < -0.3 is 13.9 Å². The Kier molecular flexibility index (Phi) is 6.95. The molecule has 2 aromatic rings. The van der Waals surface area contributed by atoms with Gasteiger partial charge in [-0.15, -0.1) is 0 Å². The van der Waals surface area contributed by atoms with Crippen LogP contribution in [0.4, 0.5) is 0 Å². The van der Waals surface area contributed by atoms with E-state index < -0.39 is 19.4 Å². The molecule has 3 aliphatic heterocycles. The van der Waals surface area contributed by atoms with Gasteiger partial charge in [-0.1, -0.05) is 77.1 Å². The Bertz CT molecular complexity index is 1740. The van der Waals surface area contributed by atoms with Crippen molar-refractivity contribution in [3.63, 3.8) is 0 Å². The molecule has 47 heavy (non-hydrogen) atoms. The Balaban J connectivity index is 1.31. The van der Waals surface area contributed by atoms with E-state index in [1.807, 2.05) is 39.7 Å². The fraction of sp³-hybridized carbons (Fsp3) is 0.684. The topological polar surface area (TPSA) is 76.6 Å². The highest BCUT2D eigenvalue weighted by Crippen LogP contribution is 2.72. The van der Waals surface area contributed by atoms with Gasteiger partial charge in [0.05, 0.1) is 29.0 Å². The van der Waals surface area contributed by atoms with Gasteiger partial charge in [-0.05, 0) is 92.5 Å². The van der Waals surface area contributed by atoms with Crippen molar-refractivity contribution in [3.05, 3.63) is 75.6 Å². The fourth-order valence-electron chi connectivity index (χ4n) is 10.8. The summed E-state index contributed by atoms with van der Waals surface area (Å²) < 4.78 is 25.2. The average molecular weight is 660 g/mol. The number of allylic oxidation sites excluding steroid dienone is 3. The highest BCUT2D eigenvalue weighted by atomic mass is 28.4. The lowest BCUT2D eigenvalue weighted by Gasteiger charge is -2.70. The van der Waals surface area contributed by atoms with E-state index in [-0.39, 0.29) is 57.6 Å². The van der Waals surface area contributed by atoms with Crippen molar-refractivity contribution in [1.29, 1.82) is 0 Å². The zero-order valence-corrected chi connectivity index (χ0v) is 30.3. The van der Waals surface area contributed by atoms with Gasteiger partial charge in [0.2, 0.25) is 0 Å². The Labute approximate surface area is 279 Å². The third-order valence-electron chi connectivity index (χ3n) is 14.2. The lowest BCUT2D eigenvalue weighted by molar-refractivity contribution is -0.226. The lowest BCUT2D eigenvalue weighted by atomic mass is 9.42. The highest BCUT2D eigenvalue weighted by molar-refractivity contribution is 6.74. The molecule has 9 rings (SSSR count). The second-order valence-electron chi connectivity index (χ2n) is 17.4. The van der Waals surface area contributed by atoms with Crippen molar-refractivity contribution in [3.8, 4) is 5.69 Å². The molecule has 0 radical (unpaired) electrons. The highest BCUT2D eigenvalue weighted by Gasteiger charge is 2.74. The van der Waals surface area contributed by atoms with E-state index in [0.29, 0.717) is 12.1 Å². The lowest BCUT2D eigenvalue weighted by Crippen LogP contribution is -2.76. The molecule has 7 aliphatic rings. The second-order valence-corrected chi connectivity index (χ2v) is 22.2. The van der Waals surface area contributed by atoms with E-state index in [1.54, 1.807) is 0 Å². The first kappa shape index (κ1) is 31.8. The molecule has 2 spiro atoms. The molecule has 0 N–H and O–H groups in total. The Morgan fingerprint density at radius 3 is 2.34 bits per heavy atom. The number of benzene rings is 1. The fourth-order valence-corrected chi connectivity index (χ4v) is 12.0. The summed E-state index contributed by atoms with van der Waals surface area (Å²) in [6, 6.07) is 9.46. The van der Waals surface area contributed by atoms with Gasteiger partial charge in [0.15, 0.2) is 14.6 Å². The molecule has 2 saturated carbocycles. The Hall–Kier alpha value is -2.46. The summed E-state index contributed by atoms with van der Waals surface area (Å²) >= 11 is 0. The van der Waals surface area contributed by atoms with Crippen LogP contribution in [0.25, 0.3) is 5.69 Å². The van der Waals surface area contributed by atoms with Crippen LogP contribution in [0.15, 0.2) is 64.2 Å². The van der Waals surface area contributed by atoms with Crippen molar-refractivity contribution < 1.29 is 13.9 Å². The van der Waals surface area contributed by atoms with E-state index in [4.69, 9.17) is 13.9 Å². The molecule has 1 aromatic heterocycles. The number of hydrogen-bond donors (Lipinski definition) is 0. The first-order chi connectivity index (χ1) is 22.2. The predicted octanol–water partition coefficient (Wildman–Crippen LogP) is 6.87. The van der Waals surface area contributed by atoms with Gasteiger partial charge in [-0.2, -0.15) is 0 Å². The molecule has 9 heteroatoms. The second kappa shape index (κ2) is 10.3. The zero-order chi connectivity index (χ0) is 33.2. The maximum atomic E-state index is 15.0. The molecule has 1 aromatic carbocycles. The largest absolute Gasteiger partial charge is 0.410 e. The van der Waals surface area contributed by atoms with E-state index in [9.17, 15) is 9.59 Å². The van der Waals surface area contributed by atoms with Gasteiger partial charge in [0.1, 0.15) is 0 Å². The number of aromatic nitrogens is 3. The number of para-hydroxylation sites is 1. The van der Waals surface area contributed by atoms with Gasteiger partial charge in [0.25, 0.3) is 0 Å². The molecule has 4 heterocycles. The summed E-state index contributed by atoms with van der Waals surface area (Å²) in [5, 5.41) is 0.0521. The van der Waals surface area contributed by atoms with Crippen LogP contribution in [0, 0.1) is 22.7 Å². The molecule has 4 aliphatic carbocycles. The maximum Gasteiger partial charge on any atom is 0.352 e. The molecule has 254 valence electrons. The van der Waals surface area contributed by atoms with E-state index in [0.717, 1.165) is 51.6 Å². The van der Waals surface area contributed by atoms with Crippen LogP contribution in [0.1, 0.15) is 86.0 Å². The first-order valence-electron chi connectivity index (χ1n) is 18.1. The SMILES string of the molecule is CC(C)(C)[Si](C)(C)O[C@H]1C=C[C@]2(C)[C@H]3CC[C@]4(C)[C@@H](OC5CCCCO5)CC[C@H]4[C@@]34C=C[C@]2(C1)n1c(=O)n(-c2ccccc2)c(=O)n14. The summed E-state index contributed by atoms with van der Waals surface area (Å²) in [7, 11) is -2.12. The molecule has 0 amide bonds. The molecular weight excluding hydrogens is 607 g/mol. The minimum Gasteiger partial charge on any atom is -0.410 e. The summed E-state index contributed by atoms with van der Waals surface area (Å²) in [6.07, 6.45) is 16.8. The smallest absolute Gasteiger partial charge is 0.352 e. The van der Waals surface area contributed by atoms with Crippen LogP contribution in [0.2, 0.25) is 18.1 Å². The van der Waals surface area contributed by atoms with Crippen LogP contribution < -0.4 is 11.4 Å². The molecular formula is C38H53N3O5Si. The van der Waals surface area contributed by atoms with Gasteiger partial charge in [-0.3, -0.25) is 0 Å². The molecule has 1 unspecified atom stereocenters. The van der Waals surface area contributed by atoms with Crippen molar-refractivity contribution >= 4 is 8.32 Å². The molecule has 9 atom stereocenters. The van der Waals surface area contributed by atoms with Crippen molar-refractivity contribution in [2.24, 2.45) is 22.7 Å². The maximum absolute atomic E-state index is 15.0. The van der Waals surface area contributed by atoms with Crippen LogP contribution in [0.5, 0.6) is 0 Å². The number of nitrogens with zero attached hydrogens (tertiary/aromatic N) is 3. The minimum absolute atomic E-state index is 0.0521. The zero-order valence-electron chi connectivity index (χ0n) is 29.3. The minimum atomic E-state index is -2.12. The Morgan fingerprint density at radius 2 is 1.64 bits per heavy atom. The molecule has 2 bridgehead atoms. The van der Waals surface area contributed by atoms with Crippen LogP contribution >= 0.6 is 0 Å². The number of ether oxygens (including phenoxy) is 2. The number of fused-ring (bicyclic) bond motifs is 1. The summed E-state index contributed by atoms with van der Waals surface area (Å²) in [6.45, 7) is 16.9. The summed E-state index contributed by atoms with van der Waals surface area (Å²) in [4.78, 5) is 29.9. The quantitative estimate of drug-likeness (QED) is 0.259. The molecule has 3 fully saturated rings. The van der Waals surface area contributed by atoms with Gasteiger partial charge in [0, 0.05) is 18.4 Å². The van der Waals surface area contributed by atoms with E-state index >= 15 is 0 Å². The van der Waals surface area contributed by atoms with Crippen LogP contribution in [-0.2, 0) is 25.0 Å². The van der Waals surface area contributed by atoms with E-state index in [1.165, 1.54) is 4.57 Å². The standard InChI is InChI=1S/C38H53N3O5Si/c1-34(2,3)47(6,7)46-27-18-21-36(5)29-19-20-35(4)28(16-17-30(35)45-31-15-11-12-24-44-31)38(29)23-22-37(36,25-27)40-32(42)39(33(43)41(38)40)26-13-9-8-10-14-26/h8-10,13-14,18,21-23,27-31H,11-12,15-17,19-20,24-25H2,1-7H3/t27-,28+,29+,30-,31?,35-,36+,37+,38-/m0/s1. The summed E-state index contributed by atoms with van der Waals surface area (Å²) in [5.41, 5.74) is -1.79.